The highest BCUT2D eigenvalue weighted by Crippen LogP contribution is 2.25. The molecule has 0 saturated carbocycles. The SMILES string of the molecule is CN=C(NCCCc1ccc(Br)cc1F)NCC1(N(C)C)CCOCC1.I. The third-order valence-electron chi connectivity index (χ3n) is 5.11. The van der Waals surface area contributed by atoms with Gasteiger partial charge in [0, 0.05) is 43.4 Å². The molecule has 1 aliphatic heterocycles. The topological polar surface area (TPSA) is 48.9 Å². The highest BCUT2D eigenvalue weighted by molar-refractivity contribution is 14.0. The summed E-state index contributed by atoms with van der Waals surface area (Å²) in [6.07, 6.45) is 3.55. The van der Waals surface area contributed by atoms with Crippen molar-refractivity contribution in [3.05, 3.63) is 34.1 Å². The Hall–Kier alpha value is -0.450. The predicted octanol–water partition coefficient (Wildman–Crippen LogP) is 3.41. The molecule has 2 N–H and O–H groups in total. The molecule has 1 saturated heterocycles. The average molecular weight is 557 g/mol. The monoisotopic (exact) mass is 556 g/mol. The van der Waals surface area contributed by atoms with Gasteiger partial charge in [0.05, 0.1) is 0 Å². The lowest BCUT2D eigenvalue weighted by atomic mass is 9.88. The Kier molecular flexibility index (Phi) is 11.1. The average Bonchev–Trinajstić information content (AvgIpc) is 2.63. The van der Waals surface area contributed by atoms with Crippen LogP contribution in [-0.4, -0.2) is 63.8 Å². The fourth-order valence-corrected chi connectivity index (χ4v) is 3.55. The molecular formula is C19H31BrFIN4O. The van der Waals surface area contributed by atoms with E-state index in [2.05, 4.69) is 50.6 Å². The standard InChI is InChI=1S/C19H30BrFN4O.HI/c1-22-18(24-14-19(25(2)3)8-11-26-12-9-19)23-10-4-5-15-6-7-16(20)13-17(15)21;/h6-7,13H,4-5,8-12,14H2,1-3H3,(H2,22,23,24);1H. The fraction of sp³-hybridized carbons (Fsp3) is 0.632. The highest BCUT2D eigenvalue weighted by atomic mass is 127. The van der Waals surface area contributed by atoms with Crippen LogP contribution in [0.1, 0.15) is 24.8 Å². The zero-order valence-electron chi connectivity index (χ0n) is 16.4. The summed E-state index contributed by atoms with van der Waals surface area (Å²) in [4.78, 5) is 6.58. The van der Waals surface area contributed by atoms with E-state index >= 15 is 0 Å². The molecule has 1 fully saturated rings. The van der Waals surface area contributed by atoms with Gasteiger partial charge in [0.15, 0.2) is 5.96 Å². The summed E-state index contributed by atoms with van der Waals surface area (Å²) < 4.78 is 20.1. The second-order valence-corrected chi connectivity index (χ2v) is 7.84. The van der Waals surface area contributed by atoms with Gasteiger partial charge in [-0.25, -0.2) is 4.39 Å². The first-order valence-corrected chi connectivity index (χ1v) is 9.90. The quantitative estimate of drug-likeness (QED) is 0.234. The van der Waals surface area contributed by atoms with E-state index in [1.54, 1.807) is 7.05 Å². The molecule has 0 radical (unpaired) electrons. The number of rotatable bonds is 7. The number of nitrogens with one attached hydrogen (secondary N) is 2. The van der Waals surface area contributed by atoms with Gasteiger partial charge in [0.2, 0.25) is 0 Å². The van der Waals surface area contributed by atoms with Gasteiger partial charge in [-0.05, 0) is 57.5 Å². The number of likely N-dealkylation sites (N-methyl/N-ethyl adjacent to an activating group) is 1. The van der Waals surface area contributed by atoms with Gasteiger partial charge in [-0.3, -0.25) is 4.99 Å². The first-order valence-electron chi connectivity index (χ1n) is 9.10. The van der Waals surface area contributed by atoms with Crippen LogP contribution in [0.25, 0.3) is 0 Å². The van der Waals surface area contributed by atoms with Crippen LogP contribution in [-0.2, 0) is 11.2 Å². The third kappa shape index (κ3) is 7.47. The highest BCUT2D eigenvalue weighted by Gasteiger charge is 2.34. The summed E-state index contributed by atoms with van der Waals surface area (Å²) >= 11 is 3.28. The van der Waals surface area contributed by atoms with Crippen LogP contribution >= 0.6 is 39.9 Å². The molecule has 0 aromatic heterocycles. The minimum atomic E-state index is -0.158. The van der Waals surface area contributed by atoms with E-state index in [0.29, 0.717) is 6.42 Å². The maximum Gasteiger partial charge on any atom is 0.191 e. The van der Waals surface area contributed by atoms with Crippen molar-refractivity contribution in [2.24, 2.45) is 4.99 Å². The Morgan fingerprint density at radius 1 is 1.30 bits per heavy atom. The molecule has 2 rings (SSSR count). The van der Waals surface area contributed by atoms with Crippen LogP contribution in [0.4, 0.5) is 4.39 Å². The van der Waals surface area contributed by atoms with E-state index in [9.17, 15) is 4.39 Å². The zero-order chi connectivity index (χ0) is 19.0. The van der Waals surface area contributed by atoms with Gasteiger partial charge >= 0.3 is 0 Å². The predicted molar refractivity (Wildman–Crippen MR) is 124 cm³/mol. The van der Waals surface area contributed by atoms with Crippen molar-refractivity contribution in [2.45, 2.75) is 31.2 Å². The van der Waals surface area contributed by atoms with Crippen LogP contribution in [0.15, 0.2) is 27.7 Å². The maximum absolute atomic E-state index is 13.8. The van der Waals surface area contributed by atoms with Crippen LogP contribution in [0.2, 0.25) is 0 Å². The minimum absolute atomic E-state index is 0. The van der Waals surface area contributed by atoms with Gasteiger partial charge in [-0.2, -0.15) is 0 Å². The van der Waals surface area contributed by atoms with Crippen molar-refractivity contribution < 1.29 is 9.13 Å². The Bertz CT molecular complexity index is 609. The second kappa shape index (κ2) is 12.2. The molecule has 1 heterocycles. The lowest BCUT2D eigenvalue weighted by molar-refractivity contribution is -0.00501. The number of benzene rings is 1. The van der Waals surface area contributed by atoms with Crippen molar-refractivity contribution in [2.75, 3.05) is 47.4 Å². The summed E-state index contributed by atoms with van der Waals surface area (Å²) in [6, 6.07) is 5.22. The molecule has 0 aliphatic carbocycles. The molecule has 5 nitrogen and oxygen atoms in total. The van der Waals surface area contributed by atoms with Gasteiger partial charge in [0.1, 0.15) is 5.82 Å². The first kappa shape index (κ1) is 24.6. The Labute approximate surface area is 187 Å². The normalized spacial score (nSPS) is 16.7. The van der Waals surface area contributed by atoms with E-state index in [1.807, 2.05) is 12.1 Å². The number of aryl methyl sites for hydroxylation is 1. The second-order valence-electron chi connectivity index (χ2n) is 6.92. The van der Waals surface area contributed by atoms with Crippen LogP contribution in [0.3, 0.4) is 0 Å². The van der Waals surface area contributed by atoms with Gasteiger partial charge in [-0.1, -0.05) is 22.0 Å². The van der Waals surface area contributed by atoms with Gasteiger partial charge in [-0.15, -0.1) is 24.0 Å². The molecule has 27 heavy (non-hydrogen) atoms. The molecule has 0 atom stereocenters. The Balaban J connectivity index is 0.00000364. The maximum atomic E-state index is 13.8. The Morgan fingerprint density at radius 3 is 2.59 bits per heavy atom. The van der Waals surface area contributed by atoms with Crippen molar-refractivity contribution in [3.63, 3.8) is 0 Å². The molecule has 0 amide bonds. The zero-order valence-corrected chi connectivity index (χ0v) is 20.3. The van der Waals surface area contributed by atoms with E-state index in [0.717, 1.165) is 61.6 Å². The molecular weight excluding hydrogens is 526 g/mol. The van der Waals surface area contributed by atoms with Crippen molar-refractivity contribution >= 4 is 45.9 Å². The number of halogens is 3. The lowest BCUT2D eigenvalue weighted by Gasteiger charge is -2.43. The number of hydrogen-bond acceptors (Lipinski definition) is 3. The fourth-order valence-electron chi connectivity index (χ4n) is 3.21. The molecule has 154 valence electrons. The summed E-state index contributed by atoms with van der Waals surface area (Å²) in [6.45, 7) is 3.16. The van der Waals surface area contributed by atoms with E-state index < -0.39 is 0 Å². The smallest absolute Gasteiger partial charge is 0.191 e. The van der Waals surface area contributed by atoms with E-state index in [4.69, 9.17) is 4.74 Å². The molecule has 8 heteroatoms. The van der Waals surface area contributed by atoms with E-state index in [-0.39, 0.29) is 35.3 Å². The lowest BCUT2D eigenvalue weighted by Crippen LogP contribution is -2.57. The summed E-state index contributed by atoms with van der Waals surface area (Å²) in [5.41, 5.74) is 0.836. The van der Waals surface area contributed by atoms with Crippen LogP contribution in [0.5, 0.6) is 0 Å². The number of aliphatic imine (C=N–C) groups is 1. The number of ether oxygens (including phenoxy) is 1. The molecule has 1 aromatic carbocycles. The molecule has 1 aromatic rings. The molecule has 0 bridgehead atoms. The van der Waals surface area contributed by atoms with Gasteiger partial charge in [0.25, 0.3) is 0 Å². The van der Waals surface area contributed by atoms with Crippen LogP contribution in [0, 0.1) is 5.82 Å². The summed E-state index contributed by atoms with van der Waals surface area (Å²) in [5.74, 6) is 0.628. The first-order chi connectivity index (χ1) is 12.5. The van der Waals surface area contributed by atoms with Crippen molar-refractivity contribution in [1.29, 1.82) is 0 Å². The minimum Gasteiger partial charge on any atom is -0.381 e. The largest absolute Gasteiger partial charge is 0.381 e. The number of guanidine groups is 1. The van der Waals surface area contributed by atoms with E-state index in [1.165, 1.54) is 6.07 Å². The van der Waals surface area contributed by atoms with Crippen molar-refractivity contribution in [3.8, 4) is 0 Å². The number of hydrogen-bond donors (Lipinski definition) is 2. The number of nitrogens with zero attached hydrogens (tertiary/aromatic N) is 2. The summed E-state index contributed by atoms with van der Waals surface area (Å²) in [7, 11) is 6.02. The molecule has 0 spiro atoms. The summed E-state index contributed by atoms with van der Waals surface area (Å²) in [5, 5.41) is 6.76. The van der Waals surface area contributed by atoms with Gasteiger partial charge < -0.3 is 20.3 Å². The molecule has 0 unspecified atom stereocenters. The molecule has 1 aliphatic rings. The van der Waals surface area contributed by atoms with Crippen LogP contribution < -0.4 is 10.6 Å². The Morgan fingerprint density at radius 2 is 2.00 bits per heavy atom. The third-order valence-corrected chi connectivity index (χ3v) is 5.60. The van der Waals surface area contributed by atoms with Crippen molar-refractivity contribution in [1.82, 2.24) is 15.5 Å².